The third kappa shape index (κ3) is 4.18. The minimum Gasteiger partial charge on any atom is -0.375 e. The molecule has 2 aromatic carbocycles. The van der Waals surface area contributed by atoms with Crippen LogP contribution in [0, 0.1) is 0 Å². The second-order valence-electron chi connectivity index (χ2n) is 5.04. The highest BCUT2D eigenvalue weighted by atomic mass is 35.5. The Balaban J connectivity index is 2.10. The lowest BCUT2D eigenvalue weighted by Gasteiger charge is -2.31. The fraction of sp³-hybridized carbons (Fsp3) is 0.188. The van der Waals surface area contributed by atoms with E-state index in [4.69, 9.17) is 11.6 Å². The zero-order valence-corrected chi connectivity index (χ0v) is 13.0. The molecule has 0 saturated carbocycles. The Morgan fingerprint density at radius 1 is 1.08 bits per heavy atom. The molecule has 0 aliphatic heterocycles. The first-order valence-corrected chi connectivity index (χ1v) is 7.25. The van der Waals surface area contributed by atoms with E-state index < -0.39 is 24.4 Å². The first kappa shape index (κ1) is 18.1. The topological polar surface area (TPSA) is 61.4 Å². The minimum absolute atomic E-state index is 0.315. The highest BCUT2D eigenvalue weighted by Crippen LogP contribution is 2.38. The Labute approximate surface area is 141 Å². The number of rotatable bonds is 4. The highest BCUT2D eigenvalue weighted by molar-refractivity contribution is 6.30. The number of alkyl halides is 3. The number of benzene rings is 2. The average molecular weight is 359 g/mol. The van der Waals surface area contributed by atoms with Gasteiger partial charge in [0.15, 0.2) is 0 Å². The van der Waals surface area contributed by atoms with E-state index in [9.17, 15) is 23.1 Å². The van der Waals surface area contributed by atoms with Crippen LogP contribution < -0.4 is 10.6 Å². The van der Waals surface area contributed by atoms with Gasteiger partial charge in [-0.2, -0.15) is 13.2 Å². The van der Waals surface area contributed by atoms with Crippen LogP contribution in [-0.2, 0) is 5.60 Å². The molecular formula is C16H14ClF3N2O2. The van der Waals surface area contributed by atoms with Gasteiger partial charge in [0.25, 0.3) is 0 Å². The van der Waals surface area contributed by atoms with Gasteiger partial charge in [0.2, 0.25) is 5.60 Å². The monoisotopic (exact) mass is 358 g/mol. The third-order valence-corrected chi connectivity index (χ3v) is 3.54. The Morgan fingerprint density at radius 2 is 1.75 bits per heavy atom. The zero-order chi connectivity index (χ0) is 17.8. The fourth-order valence-electron chi connectivity index (χ4n) is 2.03. The van der Waals surface area contributed by atoms with Crippen LogP contribution in [0.3, 0.4) is 0 Å². The lowest BCUT2D eigenvalue weighted by atomic mass is 9.93. The number of carbonyl (C=O) groups excluding carboxylic acids is 1. The lowest BCUT2D eigenvalue weighted by molar-refractivity contribution is -0.263. The van der Waals surface area contributed by atoms with Crippen molar-refractivity contribution >= 4 is 23.3 Å². The van der Waals surface area contributed by atoms with Gasteiger partial charge in [0.1, 0.15) is 0 Å². The Morgan fingerprint density at radius 3 is 2.33 bits per heavy atom. The Bertz CT molecular complexity index is 710. The molecule has 2 amide bonds. The summed E-state index contributed by atoms with van der Waals surface area (Å²) in [5, 5.41) is 14.8. The van der Waals surface area contributed by atoms with E-state index in [0.29, 0.717) is 10.7 Å². The molecule has 0 saturated heterocycles. The summed E-state index contributed by atoms with van der Waals surface area (Å²) in [4.78, 5) is 11.8. The van der Waals surface area contributed by atoms with Crippen LogP contribution in [0.4, 0.5) is 23.7 Å². The number of urea groups is 1. The molecule has 0 radical (unpaired) electrons. The predicted molar refractivity (Wildman–Crippen MR) is 84.9 cm³/mol. The van der Waals surface area contributed by atoms with Crippen molar-refractivity contribution in [1.29, 1.82) is 0 Å². The number of anilines is 1. The second kappa shape index (κ2) is 7.11. The predicted octanol–water partition coefficient (Wildman–Crippen LogP) is 3.91. The SMILES string of the molecule is O=C(NCC(O)(c1ccccc1)C(F)(F)F)Nc1cccc(Cl)c1. The average Bonchev–Trinajstić information content (AvgIpc) is 2.52. The number of carbonyl (C=O) groups is 1. The maximum absolute atomic E-state index is 13.3. The molecule has 0 aliphatic carbocycles. The molecular weight excluding hydrogens is 345 g/mol. The number of hydrogen-bond donors (Lipinski definition) is 3. The minimum atomic E-state index is -4.96. The van der Waals surface area contributed by atoms with Gasteiger partial charge < -0.3 is 15.7 Å². The maximum Gasteiger partial charge on any atom is 0.423 e. The number of amides is 2. The van der Waals surface area contributed by atoms with Crippen LogP contribution in [0.1, 0.15) is 5.56 Å². The van der Waals surface area contributed by atoms with Gasteiger partial charge in [-0.3, -0.25) is 0 Å². The highest BCUT2D eigenvalue weighted by Gasteiger charge is 2.55. The number of nitrogens with one attached hydrogen (secondary N) is 2. The largest absolute Gasteiger partial charge is 0.423 e. The summed E-state index contributed by atoms with van der Waals surface area (Å²) in [5.74, 6) is 0. The molecule has 3 N–H and O–H groups in total. The molecule has 4 nitrogen and oxygen atoms in total. The van der Waals surface area contributed by atoms with E-state index in [1.807, 2.05) is 5.32 Å². The summed E-state index contributed by atoms with van der Waals surface area (Å²) in [6.07, 6.45) is -4.96. The molecule has 128 valence electrons. The van der Waals surface area contributed by atoms with E-state index in [1.165, 1.54) is 30.3 Å². The van der Waals surface area contributed by atoms with Gasteiger partial charge >= 0.3 is 12.2 Å². The van der Waals surface area contributed by atoms with Crippen LogP contribution >= 0.6 is 11.6 Å². The summed E-state index contributed by atoms with van der Waals surface area (Å²) < 4.78 is 39.8. The van der Waals surface area contributed by atoms with Gasteiger partial charge in [0, 0.05) is 10.7 Å². The molecule has 24 heavy (non-hydrogen) atoms. The molecule has 0 spiro atoms. The molecule has 2 aromatic rings. The smallest absolute Gasteiger partial charge is 0.375 e. The molecule has 1 atom stereocenters. The van der Waals surface area contributed by atoms with Crippen molar-refractivity contribution in [2.75, 3.05) is 11.9 Å². The quantitative estimate of drug-likeness (QED) is 0.776. The number of hydrogen-bond acceptors (Lipinski definition) is 2. The van der Waals surface area contributed by atoms with Crippen LogP contribution in [0.5, 0.6) is 0 Å². The second-order valence-corrected chi connectivity index (χ2v) is 5.48. The van der Waals surface area contributed by atoms with Crippen LogP contribution in [-0.4, -0.2) is 23.9 Å². The molecule has 8 heteroatoms. The van der Waals surface area contributed by atoms with Crippen molar-refractivity contribution in [3.05, 3.63) is 65.2 Å². The van der Waals surface area contributed by atoms with E-state index >= 15 is 0 Å². The maximum atomic E-state index is 13.3. The molecule has 0 fully saturated rings. The van der Waals surface area contributed by atoms with Crippen molar-refractivity contribution < 1.29 is 23.1 Å². The normalized spacial score (nSPS) is 13.9. The summed E-state index contributed by atoms with van der Waals surface area (Å²) in [5.41, 5.74) is -3.24. The van der Waals surface area contributed by atoms with Crippen molar-refractivity contribution in [3.63, 3.8) is 0 Å². The van der Waals surface area contributed by atoms with Crippen molar-refractivity contribution in [2.24, 2.45) is 0 Å². The van der Waals surface area contributed by atoms with Gasteiger partial charge in [-0.25, -0.2) is 4.79 Å². The van der Waals surface area contributed by atoms with Crippen LogP contribution in [0.25, 0.3) is 0 Å². The van der Waals surface area contributed by atoms with E-state index in [1.54, 1.807) is 12.1 Å². The third-order valence-electron chi connectivity index (χ3n) is 3.31. The standard InChI is InChI=1S/C16H14ClF3N2O2/c17-12-7-4-8-13(9-12)22-14(23)21-10-15(24,16(18,19)20)11-5-2-1-3-6-11/h1-9,24H,10H2,(H2,21,22,23). The molecule has 2 rings (SSSR count). The van der Waals surface area contributed by atoms with Crippen LogP contribution in [0.2, 0.25) is 5.02 Å². The number of aliphatic hydroxyl groups is 1. The first-order valence-electron chi connectivity index (χ1n) is 6.87. The van der Waals surface area contributed by atoms with Crippen molar-refractivity contribution in [3.8, 4) is 0 Å². The molecule has 0 bridgehead atoms. The van der Waals surface area contributed by atoms with E-state index in [-0.39, 0.29) is 5.56 Å². The summed E-state index contributed by atoms with van der Waals surface area (Å²) in [6, 6.07) is 11.8. The first-order chi connectivity index (χ1) is 11.2. The Kier molecular flexibility index (Phi) is 5.36. The van der Waals surface area contributed by atoms with Gasteiger partial charge in [-0.15, -0.1) is 0 Å². The van der Waals surface area contributed by atoms with Gasteiger partial charge in [-0.05, 0) is 23.8 Å². The molecule has 0 aromatic heterocycles. The van der Waals surface area contributed by atoms with Gasteiger partial charge in [-0.1, -0.05) is 48.0 Å². The zero-order valence-electron chi connectivity index (χ0n) is 12.3. The van der Waals surface area contributed by atoms with Crippen LogP contribution in [0.15, 0.2) is 54.6 Å². The fourth-order valence-corrected chi connectivity index (χ4v) is 2.22. The van der Waals surface area contributed by atoms with Crippen molar-refractivity contribution in [1.82, 2.24) is 5.32 Å². The lowest BCUT2D eigenvalue weighted by Crippen LogP contribution is -2.51. The summed E-state index contributed by atoms with van der Waals surface area (Å²) in [7, 11) is 0. The molecule has 0 aliphatic rings. The summed E-state index contributed by atoms with van der Waals surface area (Å²) in [6.45, 7) is -1.03. The van der Waals surface area contributed by atoms with Crippen molar-refractivity contribution in [2.45, 2.75) is 11.8 Å². The van der Waals surface area contributed by atoms with E-state index in [2.05, 4.69) is 5.32 Å². The van der Waals surface area contributed by atoms with Gasteiger partial charge in [0.05, 0.1) is 6.54 Å². The summed E-state index contributed by atoms with van der Waals surface area (Å²) >= 11 is 5.76. The molecule has 0 heterocycles. The van der Waals surface area contributed by atoms with E-state index in [0.717, 1.165) is 12.1 Å². The number of halogens is 4. The molecule has 1 unspecified atom stereocenters. The Hall–Kier alpha value is -2.25.